The zero-order chi connectivity index (χ0) is 16.2. The Morgan fingerprint density at radius 2 is 2.19 bits per heavy atom. The normalized spacial score (nSPS) is 13.5. The predicted molar refractivity (Wildman–Crippen MR) is 80.5 cm³/mol. The Morgan fingerprint density at radius 3 is 2.71 bits per heavy atom. The highest BCUT2D eigenvalue weighted by Gasteiger charge is 2.27. The number of nitro benzene ring substituents is 1. The first-order valence-corrected chi connectivity index (χ1v) is 7.04. The molecule has 3 N–H and O–H groups in total. The summed E-state index contributed by atoms with van der Waals surface area (Å²) in [6.45, 7) is 3.28. The largest absolute Gasteiger partial charge is 0.487 e. The average Bonchev–Trinajstić information content (AvgIpc) is 2.35. The van der Waals surface area contributed by atoms with Gasteiger partial charge in [0.1, 0.15) is 5.54 Å². The fourth-order valence-corrected chi connectivity index (χ4v) is 2.32. The summed E-state index contributed by atoms with van der Waals surface area (Å²) in [5.74, 6) is -0.898. The van der Waals surface area contributed by atoms with Crippen molar-refractivity contribution >= 4 is 27.6 Å². The first-order chi connectivity index (χ1) is 9.65. The van der Waals surface area contributed by atoms with Crippen LogP contribution in [0.25, 0.3) is 0 Å². The molecule has 21 heavy (non-hydrogen) atoms. The molecule has 116 valence electrons. The maximum atomic E-state index is 11.0. The fourth-order valence-electron chi connectivity index (χ4n) is 1.76. The van der Waals surface area contributed by atoms with E-state index in [4.69, 9.17) is 15.6 Å². The maximum absolute atomic E-state index is 11.0. The summed E-state index contributed by atoms with van der Waals surface area (Å²) in [6.07, 6.45) is 0.595. The lowest BCUT2D eigenvalue weighted by molar-refractivity contribution is -0.386. The fraction of sp³-hybridized carbons (Fsp3) is 0.462. The second-order valence-electron chi connectivity index (χ2n) is 5.00. The van der Waals surface area contributed by atoms with Gasteiger partial charge in [-0.05, 0) is 38.3 Å². The molecule has 0 radical (unpaired) electrons. The molecule has 0 saturated carbocycles. The van der Waals surface area contributed by atoms with E-state index in [1.165, 1.54) is 13.0 Å². The highest BCUT2D eigenvalue weighted by Crippen LogP contribution is 2.34. The van der Waals surface area contributed by atoms with Crippen molar-refractivity contribution in [2.24, 2.45) is 5.73 Å². The van der Waals surface area contributed by atoms with E-state index in [0.29, 0.717) is 16.5 Å². The SMILES string of the molecule is Cc1cc(Br)cc([N+](=O)[O-])c1OCCCC(C)(N)C(=O)O. The number of nitrogens with zero attached hydrogens (tertiary/aromatic N) is 1. The number of aryl methyl sites for hydroxylation is 1. The average molecular weight is 361 g/mol. The number of benzene rings is 1. The summed E-state index contributed by atoms with van der Waals surface area (Å²) in [5, 5.41) is 19.9. The summed E-state index contributed by atoms with van der Waals surface area (Å²) in [5.41, 5.74) is 4.77. The molecule has 0 amide bonds. The van der Waals surface area contributed by atoms with Crippen LogP contribution in [0.5, 0.6) is 5.75 Å². The number of hydrogen-bond donors (Lipinski definition) is 2. The van der Waals surface area contributed by atoms with Gasteiger partial charge in [-0.15, -0.1) is 0 Å². The number of rotatable bonds is 7. The number of halogens is 1. The van der Waals surface area contributed by atoms with E-state index in [1.54, 1.807) is 13.0 Å². The van der Waals surface area contributed by atoms with Crippen LogP contribution < -0.4 is 10.5 Å². The van der Waals surface area contributed by atoms with Gasteiger partial charge in [-0.2, -0.15) is 0 Å². The van der Waals surface area contributed by atoms with E-state index >= 15 is 0 Å². The quantitative estimate of drug-likeness (QED) is 0.438. The Labute approximate surface area is 130 Å². The van der Waals surface area contributed by atoms with Crippen LogP contribution in [-0.2, 0) is 4.79 Å². The van der Waals surface area contributed by atoms with Crippen molar-refractivity contribution in [3.63, 3.8) is 0 Å². The van der Waals surface area contributed by atoms with Gasteiger partial charge in [-0.3, -0.25) is 14.9 Å². The molecule has 0 fully saturated rings. The number of aliphatic carboxylic acids is 1. The number of carboxylic acids is 1. The topological polar surface area (TPSA) is 116 Å². The lowest BCUT2D eigenvalue weighted by atomic mass is 9.98. The Balaban J connectivity index is 2.72. The van der Waals surface area contributed by atoms with Gasteiger partial charge in [0, 0.05) is 10.5 Å². The van der Waals surface area contributed by atoms with Gasteiger partial charge < -0.3 is 15.6 Å². The highest BCUT2D eigenvalue weighted by molar-refractivity contribution is 9.10. The highest BCUT2D eigenvalue weighted by atomic mass is 79.9. The Morgan fingerprint density at radius 1 is 1.57 bits per heavy atom. The first kappa shape index (κ1) is 17.4. The summed E-state index contributed by atoms with van der Waals surface area (Å²) >= 11 is 3.20. The number of carbonyl (C=O) groups is 1. The zero-order valence-corrected chi connectivity index (χ0v) is 13.3. The van der Waals surface area contributed by atoms with Gasteiger partial charge in [0.05, 0.1) is 11.5 Å². The molecule has 0 heterocycles. The minimum atomic E-state index is -1.33. The van der Waals surface area contributed by atoms with Gasteiger partial charge in [-0.25, -0.2) is 0 Å². The van der Waals surface area contributed by atoms with Crippen molar-refractivity contribution in [1.82, 2.24) is 0 Å². The molecule has 1 unspecified atom stereocenters. The van der Waals surface area contributed by atoms with E-state index in [9.17, 15) is 14.9 Å². The van der Waals surface area contributed by atoms with Crippen molar-refractivity contribution in [2.75, 3.05) is 6.61 Å². The van der Waals surface area contributed by atoms with Crippen LogP contribution in [0.3, 0.4) is 0 Å². The smallest absolute Gasteiger partial charge is 0.323 e. The minimum Gasteiger partial charge on any atom is -0.487 e. The molecule has 1 aromatic rings. The molecule has 0 spiro atoms. The van der Waals surface area contributed by atoms with Gasteiger partial charge in [0.25, 0.3) is 0 Å². The molecular weight excluding hydrogens is 344 g/mol. The van der Waals surface area contributed by atoms with Crippen LogP contribution in [0.2, 0.25) is 0 Å². The van der Waals surface area contributed by atoms with Crippen molar-refractivity contribution in [3.05, 3.63) is 32.3 Å². The lowest BCUT2D eigenvalue weighted by Crippen LogP contribution is -2.44. The van der Waals surface area contributed by atoms with Gasteiger partial charge in [0.15, 0.2) is 5.75 Å². The lowest BCUT2D eigenvalue weighted by Gasteiger charge is -2.19. The number of nitro groups is 1. The zero-order valence-electron chi connectivity index (χ0n) is 11.8. The second-order valence-corrected chi connectivity index (χ2v) is 5.92. The third-order valence-electron chi connectivity index (χ3n) is 2.99. The van der Waals surface area contributed by atoms with Crippen LogP contribution in [0, 0.1) is 17.0 Å². The first-order valence-electron chi connectivity index (χ1n) is 6.25. The van der Waals surface area contributed by atoms with Crippen LogP contribution in [0.15, 0.2) is 16.6 Å². The molecule has 8 heteroatoms. The van der Waals surface area contributed by atoms with Gasteiger partial charge in [0.2, 0.25) is 0 Å². The Kier molecular flexibility index (Phi) is 5.68. The molecule has 7 nitrogen and oxygen atoms in total. The monoisotopic (exact) mass is 360 g/mol. The molecule has 0 aromatic heterocycles. The predicted octanol–water partition coefficient (Wildman–Crippen LogP) is 2.63. The molecule has 0 bridgehead atoms. The minimum absolute atomic E-state index is 0.129. The van der Waals surface area contributed by atoms with Crippen molar-refractivity contribution < 1.29 is 19.6 Å². The van der Waals surface area contributed by atoms with Crippen molar-refractivity contribution in [2.45, 2.75) is 32.2 Å². The van der Waals surface area contributed by atoms with Crippen LogP contribution >= 0.6 is 15.9 Å². The van der Waals surface area contributed by atoms with Crippen LogP contribution in [0.4, 0.5) is 5.69 Å². The van der Waals surface area contributed by atoms with Gasteiger partial charge in [-0.1, -0.05) is 15.9 Å². The van der Waals surface area contributed by atoms with E-state index in [0.717, 1.165) is 0 Å². The Bertz CT molecular complexity index is 560. The number of hydrogen-bond acceptors (Lipinski definition) is 5. The summed E-state index contributed by atoms with van der Waals surface area (Å²) in [4.78, 5) is 21.4. The number of nitrogens with two attached hydrogens (primary N) is 1. The maximum Gasteiger partial charge on any atom is 0.323 e. The van der Waals surface area contributed by atoms with E-state index in [1.807, 2.05) is 0 Å². The molecule has 0 aliphatic rings. The molecular formula is C13H17BrN2O5. The van der Waals surface area contributed by atoms with E-state index in [-0.39, 0.29) is 24.5 Å². The second kappa shape index (κ2) is 6.86. The molecule has 0 aliphatic carbocycles. The molecule has 1 rings (SSSR count). The summed E-state index contributed by atoms with van der Waals surface area (Å²) in [6, 6.07) is 3.08. The van der Waals surface area contributed by atoms with Crippen LogP contribution in [-0.4, -0.2) is 28.1 Å². The van der Waals surface area contributed by atoms with Crippen molar-refractivity contribution in [3.8, 4) is 5.75 Å². The van der Waals surface area contributed by atoms with Crippen molar-refractivity contribution in [1.29, 1.82) is 0 Å². The van der Waals surface area contributed by atoms with Gasteiger partial charge >= 0.3 is 11.7 Å². The molecule has 1 atom stereocenters. The number of ether oxygens (including phenoxy) is 1. The third-order valence-corrected chi connectivity index (χ3v) is 3.45. The molecule has 1 aromatic carbocycles. The van der Waals surface area contributed by atoms with E-state index in [2.05, 4.69) is 15.9 Å². The summed E-state index contributed by atoms with van der Waals surface area (Å²) in [7, 11) is 0. The molecule has 0 saturated heterocycles. The van der Waals surface area contributed by atoms with Crippen LogP contribution in [0.1, 0.15) is 25.3 Å². The number of carboxylic acid groups (broad SMARTS) is 1. The van der Waals surface area contributed by atoms with E-state index < -0.39 is 16.4 Å². The summed E-state index contributed by atoms with van der Waals surface area (Å²) < 4.78 is 6.05. The molecule has 0 aliphatic heterocycles. The Hall–Kier alpha value is -1.67. The standard InChI is InChI=1S/C13H17BrN2O5/c1-8-6-9(14)7-10(16(19)20)11(8)21-5-3-4-13(2,15)12(17)18/h6-7H,3-5,15H2,1-2H3,(H,17,18). The third kappa shape index (κ3) is 4.68.